The van der Waals surface area contributed by atoms with Crippen LogP contribution in [0.5, 0.6) is 11.5 Å². The van der Waals surface area contributed by atoms with Crippen LogP contribution in [0.1, 0.15) is 45.2 Å². The number of hydrogen-bond donors (Lipinski definition) is 4. The van der Waals surface area contributed by atoms with Gasteiger partial charge in [0.2, 0.25) is 20.0 Å². The van der Waals surface area contributed by atoms with Gasteiger partial charge < -0.3 is 14.9 Å². The number of benzene rings is 3. The molecule has 3 rings (SSSR count). The summed E-state index contributed by atoms with van der Waals surface area (Å²) in [6.45, 7) is 6.65. The van der Waals surface area contributed by atoms with Crippen LogP contribution < -0.4 is 14.2 Å². The number of carboxylic acids is 1. The minimum atomic E-state index is -4.20. The van der Waals surface area contributed by atoms with E-state index in [0.29, 0.717) is 16.7 Å². The Kier molecular flexibility index (Phi) is 10.0. The van der Waals surface area contributed by atoms with Crippen LogP contribution in [-0.4, -0.2) is 51.2 Å². The molecule has 1 atom stereocenters. The molecular formula is C29H33N3O8S2. The maximum atomic E-state index is 13.2. The highest BCUT2D eigenvalue weighted by molar-refractivity contribution is 7.90. The Morgan fingerprint density at radius 1 is 1.00 bits per heavy atom. The first-order valence-electron chi connectivity index (χ1n) is 13.0. The molecule has 0 aromatic heterocycles. The molecule has 0 bridgehead atoms. The summed E-state index contributed by atoms with van der Waals surface area (Å²) in [6.07, 6.45) is -1.00. The van der Waals surface area contributed by atoms with Crippen LogP contribution in [0.4, 0.5) is 0 Å². The summed E-state index contributed by atoms with van der Waals surface area (Å²) in [5.74, 6) is -1.57. The molecular weight excluding hydrogens is 582 g/mol. The Morgan fingerprint density at radius 3 is 2.31 bits per heavy atom. The van der Waals surface area contributed by atoms with Crippen molar-refractivity contribution in [2.45, 2.75) is 62.0 Å². The van der Waals surface area contributed by atoms with Crippen LogP contribution >= 0.6 is 0 Å². The number of rotatable bonds is 12. The number of nitrogens with zero attached hydrogens (tertiary/aromatic N) is 1. The molecule has 1 unspecified atom stereocenters. The van der Waals surface area contributed by atoms with Crippen molar-refractivity contribution in [1.82, 2.24) is 9.44 Å². The molecule has 0 spiro atoms. The second-order valence-electron chi connectivity index (χ2n) is 10.5. The largest absolute Gasteiger partial charge is 0.507 e. The van der Waals surface area contributed by atoms with E-state index in [2.05, 4.69) is 9.44 Å². The van der Waals surface area contributed by atoms with E-state index in [-0.39, 0.29) is 35.6 Å². The third-order valence-electron chi connectivity index (χ3n) is 5.98. The Labute approximate surface area is 245 Å². The highest BCUT2D eigenvalue weighted by atomic mass is 32.2. The molecule has 224 valence electrons. The van der Waals surface area contributed by atoms with E-state index in [0.717, 1.165) is 12.1 Å². The van der Waals surface area contributed by atoms with E-state index in [9.17, 15) is 31.8 Å². The van der Waals surface area contributed by atoms with Gasteiger partial charge in [-0.1, -0.05) is 37.3 Å². The molecule has 11 nitrogen and oxygen atoms in total. The molecule has 0 radical (unpaired) electrons. The molecule has 3 aromatic rings. The lowest BCUT2D eigenvalue weighted by Crippen LogP contribution is -2.40. The zero-order valence-electron chi connectivity index (χ0n) is 23.6. The number of nitrogens with one attached hydrogen (secondary N) is 2. The van der Waals surface area contributed by atoms with Crippen molar-refractivity contribution >= 4 is 26.0 Å². The summed E-state index contributed by atoms with van der Waals surface area (Å²) in [7, 11) is -8.12. The van der Waals surface area contributed by atoms with Crippen LogP contribution in [-0.2, 0) is 31.3 Å². The number of aromatic hydroxyl groups is 1. The molecule has 0 fully saturated rings. The number of nitriles is 1. The summed E-state index contributed by atoms with van der Waals surface area (Å²) in [5, 5.41) is 28.7. The van der Waals surface area contributed by atoms with Crippen molar-refractivity contribution in [3.63, 3.8) is 0 Å². The van der Waals surface area contributed by atoms with Crippen LogP contribution in [0.15, 0.2) is 70.5 Å². The molecule has 13 heteroatoms. The Bertz CT molecular complexity index is 1720. The van der Waals surface area contributed by atoms with E-state index in [4.69, 9.17) is 10.00 Å². The molecule has 42 heavy (non-hydrogen) atoms. The fraction of sp³-hybridized carbons (Fsp3) is 0.310. The third-order valence-corrected chi connectivity index (χ3v) is 9.28. The van der Waals surface area contributed by atoms with Gasteiger partial charge in [0.25, 0.3) is 0 Å². The summed E-state index contributed by atoms with van der Waals surface area (Å²) < 4.78 is 62.9. The van der Waals surface area contributed by atoms with Gasteiger partial charge in [0.05, 0.1) is 16.5 Å². The lowest BCUT2D eigenvalue weighted by molar-refractivity contribution is -0.145. The molecule has 3 aromatic carbocycles. The van der Waals surface area contributed by atoms with E-state index in [1.807, 2.05) is 6.07 Å². The summed E-state index contributed by atoms with van der Waals surface area (Å²) in [4.78, 5) is 11.3. The normalized spacial score (nSPS) is 12.8. The van der Waals surface area contributed by atoms with Gasteiger partial charge in [0.15, 0.2) is 6.10 Å². The molecule has 0 saturated heterocycles. The van der Waals surface area contributed by atoms with Crippen molar-refractivity contribution in [2.24, 2.45) is 0 Å². The van der Waals surface area contributed by atoms with Crippen molar-refractivity contribution in [3.8, 4) is 28.7 Å². The number of carbonyl (C=O) groups is 1. The molecule has 0 aliphatic heterocycles. The number of phenolic OH excluding ortho intramolecular Hbond substituents is 1. The molecule has 0 aliphatic carbocycles. The first-order valence-corrected chi connectivity index (χ1v) is 15.9. The van der Waals surface area contributed by atoms with E-state index in [1.54, 1.807) is 58.0 Å². The monoisotopic (exact) mass is 615 g/mol. The molecule has 0 amide bonds. The predicted molar refractivity (Wildman–Crippen MR) is 156 cm³/mol. The Morgan fingerprint density at radius 2 is 1.69 bits per heavy atom. The van der Waals surface area contributed by atoms with Gasteiger partial charge in [-0.3, -0.25) is 0 Å². The summed E-state index contributed by atoms with van der Waals surface area (Å²) in [5.41, 5.74) is 0.591. The molecule has 0 saturated carbocycles. The van der Waals surface area contributed by atoms with Crippen molar-refractivity contribution in [3.05, 3.63) is 71.8 Å². The maximum Gasteiger partial charge on any atom is 0.344 e. The first kappa shape index (κ1) is 32.6. The average molecular weight is 616 g/mol. The van der Waals surface area contributed by atoms with Gasteiger partial charge in [-0.05, 0) is 75.1 Å². The lowest BCUT2D eigenvalue weighted by Gasteiger charge is -2.22. The molecule has 0 aliphatic rings. The van der Waals surface area contributed by atoms with Gasteiger partial charge in [-0.15, -0.1) is 0 Å². The Hall–Kier alpha value is -3.96. The SMILES string of the molecule is CCC(Oc1cc(-c2ccccc2S(=O)(=O)NC(C)(C)C)ccc1CCNS(=O)(=O)c1cc(C#N)ccc1O)C(=O)O. The number of carboxylic acid groups (broad SMARTS) is 1. The fourth-order valence-corrected chi connectivity index (χ4v) is 6.90. The van der Waals surface area contributed by atoms with Crippen LogP contribution in [0.3, 0.4) is 0 Å². The van der Waals surface area contributed by atoms with Crippen LogP contribution in [0, 0.1) is 11.3 Å². The smallest absolute Gasteiger partial charge is 0.344 e. The van der Waals surface area contributed by atoms with Gasteiger partial charge >= 0.3 is 5.97 Å². The lowest BCUT2D eigenvalue weighted by atomic mass is 10.0. The van der Waals surface area contributed by atoms with E-state index < -0.39 is 48.3 Å². The standard InChI is InChI=1S/C29H33N3O8S2/c1-5-24(28(34)35)40-25-17-21(22-8-6-7-9-26(22)42(38,39)32-29(2,3)4)12-11-20(25)14-15-31-41(36,37)27-16-19(18-30)10-13-23(27)33/h6-13,16-17,24,31-33H,5,14-15H2,1-4H3,(H,34,35). The second kappa shape index (κ2) is 12.9. The maximum absolute atomic E-state index is 13.2. The van der Waals surface area contributed by atoms with Crippen molar-refractivity contribution in [2.75, 3.05) is 6.54 Å². The quantitative estimate of drug-likeness (QED) is 0.236. The number of aliphatic carboxylic acids is 1. The average Bonchev–Trinajstić information content (AvgIpc) is 2.91. The first-order chi connectivity index (χ1) is 19.6. The van der Waals surface area contributed by atoms with Gasteiger partial charge in [-0.2, -0.15) is 5.26 Å². The summed E-state index contributed by atoms with van der Waals surface area (Å²) in [6, 6.07) is 16.4. The number of phenols is 1. The number of sulfonamides is 2. The number of hydrogen-bond acceptors (Lipinski definition) is 8. The second-order valence-corrected chi connectivity index (χ2v) is 13.9. The van der Waals surface area contributed by atoms with Gasteiger partial charge in [0.1, 0.15) is 16.4 Å². The molecule has 0 heterocycles. The van der Waals surface area contributed by atoms with Crippen LogP contribution in [0.2, 0.25) is 0 Å². The highest BCUT2D eigenvalue weighted by Gasteiger charge is 2.26. The highest BCUT2D eigenvalue weighted by Crippen LogP contribution is 2.33. The van der Waals surface area contributed by atoms with Crippen LogP contribution in [0.25, 0.3) is 11.1 Å². The summed E-state index contributed by atoms with van der Waals surface area (Å²) >= 11 is 0. The predicted octanol–water partition coefficient (Wildman–Crippen LogP) is 3.77. The number of ether oxygens (including phenoxy) is 1. The van der Waals surface area contributed by atoms with Gasteiger partial charge in [0, 0.05) is 17.6 Å². The minimum Gasteiger partial charge on any atom is -0.507 e. The third kappa shape index (κ3) is 8.07. The van der Waals surface area contributed by atoms with Gasteiger partial charge in [-0.25, -0.2) is 31.1 Å². The van der Waals surface area contributed by atoms with E-state index >= 15 is 0 Å². The van der Waals surface area contributed by atoms with E-state index in [1.165, 1.54) is 18.2 Å². The van der Waals surface area contributed by atoms with Crippen molar-refractivity contribution < 1.29 is 36.6 Å². The zero-order chi connectivity index (χ0) is 31.3. The Balaban J connectivity index is 1.99. The minimum absolute atomic E-state index is 0.0241. The molecule has 4 N–H and O–H groups in total. The topological polar surface area (TPSA) is 183 Å². The zero-order valence-corrected chi connectivity index (χ0v) is 25.2. The van der Waals surface area contributed by atoms with Crippen molar-refractivity contribution in [1.29, 1.82) is 5.26 Å². The fourth-order valence-electron chi connectivity index (χ4n) is 4.09.